The lowest BCUT2D eigenvalue weighted by atomic mass is 10.1. The Morgan fingerprint density at radius 1 is 1.35 bits per heavy atom. The van der Waals surface area contributed by atoms with Crippen molar-refractivity contribution < 1.29 is 9.59 Å². The fourth-order valence-electron chi connectivity index (χ4n) is 2.95. The molecule has 2 aromatic rings. The molecule has 6 heteroatoms. The Hall–Kier alpha value is -2.50. The molecule has 6 nitrogen and oxygen atoms in total. The van der Waals surface area contributed by atoms with E-state index >= 15 is 0 Å². The topological polar surface area (TPSA) is 66.4 Å². The van der Waals surface area contributed by atoms with Crippen molar-refractivity contribution >= 4 is 22.8 Å². The number of amides is 2. The number of hydrogen-bond donors (Lipinski definition) is 0. The number of fused-ring (bicyclic) bond motifs is 1. The van der Waals surface area contributed by atoms with Crippen molar-refractivity contribution in [2.75, 3.05) is 20.1 Å². The number of hydrogen-bond acceptors (Lipinski definition) is 4. The van der Waals surface area contributed by atoms with Gasteiger partial charge in [-0.05, 0) is 19.1 Å². The zero-order valence-corrected chi connectivity index (χ0v) is 13.4. The Kier molecular flexibility index (Phi) is 4.23. The fourth-order valence-corrected chi connectivity index (χ4v) is 2.95. The van der Waals surface area contributed by atoms with Gasteiger partial charge >= 0.3 is 0 Å². The molecule has 0 spiro atoms. The van der Waals surface area contributed by atoms with E-state index in [2.05, 4.69) is 9.97 Å². The predicted molar refractivity (Wildman–Crippen MR) is 86.4 cm³/mol. The molecule has 0 saturated carbocycles. The third kappa shape index (κ3) is 3.16. The van der Waals surface area contributed by atoms with Gasteiger partial charge in [-0.3, -0.25) is 14.6 Å². The molecular formula is C17H20N4O2. The molecule has 0 N–H and O–H groups in total. The van der Waals surface area contributed by atoms with Crippen molar-refractivity contribution in [3.8, 4) is 0 Å². The van der Waals surface area contributed by atoms with E-state index in [1.165, 1.54) is 0 Å². The minimum absolute atomic E-state index is 0.00995. The van der Waals surface area contributed by atoms with E-state index in [9.17, 15) is 9.59 Å². The first-order chi connectivity index (χ1) is 11.1. The molecule has 1 aromatic carbocycles. The van der Waals surface area contributed by atoms with Crippen LogP contribution in [-0.2, 0) is 16.1 Å². The van der Waals surface area contributed by atoms with E-state index in [1.54, 1.807) is 23.0 Å². The molecule has 2 amide bonds. The molecule has 1 fully saturated rings. The quantitative estimate of drug-likeness (QED) is 0.857. The summed E-state index contributed by atoms with van der Waals surface area (Å²) in [5, 5.41) is 0. The highest BCUT2D eigenvalue weighted by atomic mass is 16.2. The van der Waals surface area contributed by atoms with Crippen LogP contribution < -0.4 is 0 Å². The molecular weight excluding hydrogens is 292 g/mol. The van der Waals surface area contributed by atoms with E-state index in [0.29, 0.717) is 26.1 Å². The van der Waals surface area contributed by atoms with Gasteiger partial charge in [0.1, 0.15) is 0 Å². The largest absolute Gasteiger partial charge is 0.342 e. The zero-order valence-electron chi connectivity index (χ0n) is 13.4. The smallest absolute Gasteiger partial charge is 0.228 e. The van der Waals surface area contributed by atoms with Crippen LogP contribution in [0, 0.1) is 5.92 Å². The highest BCUT2D eigenvalue weighted by molar-refractivity contribution is 5.89. The summed E-state index contributed by atoms with van der Waals surface area (Å²) in [6.45, 7) is 3.50. The van der Waals surface area contributed by atoms with Gasteiger partial charge in [0.05, 0.1) is 35.4 Å². The Balaban J connectivity index is 1.69. The van der Waals surface area contributed by atoms with Gasteiger partial charge in [-0.15, -0.1) is 0 Å². The molecule has 1 atom stereocenters. The second-order valence-electron chi connectivity index (χ2n) is 5.88. The molecule has 0 radical (unpaired) electrons. The summed E-state index contributed by atoms with van der Waals surface area (Å²) in [6.07, 6.45) is 2.00. The molecule has 1 saturated heterocycles. The Morgan fingerprint density at radius 3 is 2.78 bits per heavy atom. The minimum Gasteiger partial charge on any atom is -0.342 e. The first-order valence-corrected chi connectivity index (χ1v) is 7.82. The van der Waals surface area contributed by atoms with Crippen LogP contribution in [0.15, 0.2) is 30.5 Å². The van der Waals surface area contributed by atoms with Crippen molar-refractivity contribution in [3.63, 3.8) is 0 Å². The van der Waals surface area contributed by atoms with E-state index in [-0.39, 0.29) is 17.7 Å². The van der Waals surface area contributed by atoms with Crippen LogP contribution in [-0.4, -0.2) is 51.7 Å². The summed E-state index contributed by atoms with van der Waals surface area (Å²) in [5.41, 5.74) is 2.40. The molecule has 1 aromatic heterocycles. The summed E-state index contributed by atoms with van der Waals surface area (Å²) in [5.74, 6) is -0.199. The van der Waals surface area contributed by atoms with Gasteiger partial charge in [-0.2, -0.15) is 0 Å². The molecule has 0 bridgehead atoms. The second kappa shape index (κ2) is 6.32. The number of nitrogens with zero attached hydrogens (tertiary/aromatic N) is 4. The Bertz CT molecular complexity index is 746. The average Bonchev–Trinajstić information content (AvgIpc) is 2.95. The van der Waals surface area contributed by atoms with E-state index in [1.807, 2.05) is 31.2 Å². The predicted octanol–water partition coefficient (Wildman–Crippen LogP) is 1.46. The SMILES string of the molecule is CCN1C[C@@H](C(=O)N(C)Cc2cnc3ccccc3n2)CC1=O. The third-order valence-corrected chi connectivity index (χ3v) is 4.22. The van der Waals surface area contributed by atoms with E-state index < -0.39 is 0 Å². The maximum Gasteiger partial charge on any atom is 0.228 e. The van der Waals surface area contributed by atoms with Gasteiger partial charge in [0.15, 0.2) is 0 Å². The maximum atomic E-state index is 12.5. The lowest BCUT2D eigenvalue weighted by Gasteiger charge is -2.20. The van der Waals surface area contributed by atoms with E-state index in [0.717, 1.165) is 16.7 Å². The number of carbonyl (C=O) groups excluding carboxylic acids is 2. The first kappa shape index (κ1) is 15.4. The van der Waals surface area contributed by atoms with Crippen LogP contribution in [0.25, 0.3) is 11.0 Å². The van der Waals surface area contributed by atoms with Crippen LogP contribution >= 0.6 is 0 Å². The van der Waals surface area contributed by atoms with Crippen molar-refractivity contribution in [2.24, 2.45) is 5.92 Å². The van der Waals surface area contributed by atoms with Crippen molar-refractivity contribution in [1.82, 2.24) is 19.8 Å². The standard InChI is InChI=1S/C17H20N4O2/c1-3-21-10-12(8-16(21)22)17(23)20(2)11-13-9-18-14-6-4-5-7-15(14)19-13/h4-7,9,12H,3,8,10-11H2,1-2H3/t12-/m0/s1. The van der Waals surface area contributed by atoms with Gasteiger partial charge in [0.2, 0.25) is 11.8 Å². The molecule has 2 heterocycles. The fraction of sp³-hybridized carbons (Fsp3) is 0.412. The molecule has 0 aliphatic carbocycles. The first-order valence-electron chi connectivity index (χ1n) is 7.82. The van der Waals surface area contributed by atoms with Gasteiger partial charge in [0.25, 0.3) is 0 Å². The van der Waals surface area contributed by atoms with Crippen molar-refractivity contribution in [2.45, 2.75) is 19.9 Å². The number of carbonyl (C=O) groups is 2. The molecule has 3 rings (SSSR count). The van der Waals surface area contributed by atoms with Crippen molar-refractivity contribution in [1.29, 1.82) is 0 Å². The number of benzene rings is 1. The lowest BCUT2D eigenvalue weighted by molar-refractivity contribution is -0.135. The summed E-state index contributed by atoms with van der Waals surface area (Å²) in [4.78, 5) is 36.6. The van der Waals surface area contributed by atoms with Crippen LogP contribution in [0.4, 0.5) is 0 Å². The second-order valence-corrected chi connectivity index (χ2v) is 5.88. The molecule has 1 aliphatic heterocycles. The highest BCUT2D eigenvalue weighted by Gasteiger charge is 2.34. The summed E-state index contributed by atoms with van der Waals surface area (Å²) >= 11 is 0. The zero-order chi connectivity index (χ0) is 16.4. The molecule has 120 valence electrons. The van der Waals surface area contributed by atoms with Crippen LogP contribution in [0.2, 0.25) is 0 Å². The van der Waals surface area contributed by atoms with Crippen LogP contribution in [0.5, 0.6) is 0 Å². The Labute approximate surface area is 135 Å². The maximum absolute atomic E-state index is 12.5. The van der Waals surface area contributed by atoms with Crippen molar-refractivity contribution in [3.05, 3.63) is 36.2 Å². The van der Waals surface area contributed by atoms with Gasteiger partial charge in [-0.25, -0.2) is 4.98 Å². The number of rotatable bonds is 4. The van der Waals surface area contributed by atoms with Crippen LogP contribution in [0.1, 0.15) is 19.0 Å². The summed E-state index contributed by atoms with van der Waals surface area (Å²) in [6, 6.07) is 7.65. The summed E-state index contributed by atoms with van der Waals surface area (Å²) in [7, 11) is 1.75. The molecule has 0 unspecified atom stereocenters. The van der Waals surface area contributed by atoms with Gasteiger partial charge in [-0.1, -0.05) is 12.1 Å². The Morgan fingerprint density at radius 2 is 2.09 bits per heavy atom. The normalized spacial score (nSPS) is 17.7. The summed E-state index contributed by atoms with van der Waals surface area (Å²) < 4.78 is 0. The lowest BCUT2D eigenvalue weighted by Crippen LogP contribution is -2.34. The monoisotopic (exact) mass is 312 g/mol. The number of aromatic nitrogens is 2. The minimum atomic E-state index is -0.249. The van der Waals surface area contributed by atoms with Gasteiger partial charge < -0.3 is 9.80 Å². The average molecular weight is 312 g/mol. The molecule has 1 aliphatic rings. The number of likely N-dealkylation sites (tertiary alicyclic amines) is 1. The molecule has 23 heavy (non-hydrogen) atoms. The van der Waals surface area contributed by atoms with Gasteiger partial charge in [0, 0.05) is 26.6 Å². The third-order valence-electron chi connectivity index (χ3n) is 4.22. The highest BCUT2D eigenvalue weighted by Crippen LogP contribution is 2.20. The van der Waals surface area contributed by atoms with E-state index in [4.69, 9.17) is 0 Å². The van der Waals surface area contributed by atoms with Crippen LogP contribution in [0.3, 0.4) is 0 Å². The number of para-hydroxylation sites is 2.